The Kier molecular flexibility index (Phi) is 4.40. The van der Waals surface area contributed by atoms with Crippen molar-refractivity contribution < 1.29 is 14.8 Å². The van der Waals surface area contributed by atoms with Crippen molar-refractivity contribution in [2.24, 2.45) is 0 Å². The molecule has 2 rings (SSSR count). The topological polar surface area (TPSA) is 154 Å². The Balaban J connectivity index is 2.48. The van der Waals surface area contributed by atoms with Gasteiger partial charge in [0.2, 0.25) is 0 Å². The summed E-state index contributed by atoms with van der Waals surface area (Å²) in [6.07, 6.45) is 1.50. The normalized spacial score (nSPS) is 10.1. The van der Waals surface area contributed by atoms with Crippen LogP contribution >= 0.6 is 0 Å². The van der Waals surface area contributed by atoms with Gasteiger partial charge in [0, 0.05) is 6.20 Å². The summed E-state index contributed by atoms with van der Waals surface area (Å²) in [5.41, 5.74) is -2.14. The Hall–Kier alpha value is -3.63. The monoisotopic (exact) mass is 319 g/mol. The summed E-state index contributed by atoms with van der Waals surface area (Å²) in [4.78, 5) is 34.2. The second kappa shape index (κ2) is 6.43. The lowest BCUT2D eigenvalue weighted by atomic mass is 10.2. The van der Waals surface area contributed by atoms with Gasteiger partial charge in [-0.25, -0.2) is 0 Å². The van der Waals surface area contributed by atoms with Crippen LogP contribution in [-0.2, 0) is 6.54 Å². The zero-order valence-corrected chi connectivity index (χ0v) is 11.4. The van der Waals surface area contributed by atoms with E-state index in [-0.39, 0.29) is 6.54 Å². The number of nitro groups is 3. The lowest BCUT2D eigenvalue weighted by Crippen LogP contribution is -2.07. The fraction of sp³-hybridized carbons (Fsp3) is 0.0833. The Morgan fingerprint density at radius 3 is 2.00 bits per heavy atom. The lowest BCUT2D eigenvalue weighted by molar-refractivity contribution is -0.401. The molecule has 1 aromatic heterocycles. The van der Waals surface area contributed by atoms with Crippen molar-refractivity contribution in [2.45, 2.75) is 6.54 Å². The molecule has 0 radical (unpaired) electrons. The van der Waals surface area contributed by atoms with Gasteiger partial charge >= 0.3 is 11.4 Å². The van der Waals surface area contributed by atoms with Gasteiger partial charge < -0.3 is 5.32 Å². The Bertz CT molecular complexity index is 744. The van der Waals surface area contributed by atoms with Gasteiger partial charge in [0.05, 0.1) is 39.1 Å². The number of pyridine rings is 1. The van der Waals surface area contributed by atoms with Gasteiger partial charge in [-0.1, -0.05) is 6.07 Å². The molecule has 1 aromatic carbocycles. The second-order valence-electron chi connectivity index (χ2n) is 4.30. The van der Waals surface area contributed by atoms with Crippen LogP contribution in [0.2, 0.25) is 0 Å². The number of nitrogens with zero attached hydrogens (tertiary/aromatic N) is 4. The average Bonchev–Trinajstić information content (AvgIpc) is 2.52. The van der Waals surface area contributed by atoms with E-state index in [0.29, 0.717) is 17.8 Å². The van der Waals surface area contributed by atoms with E-state index in [2.05, 4.69) is 10.3 Å². The number of nitro benzene ring substituents is 3. The quantitative estimate of drug-likeness (QED) is 0.628. The average molecular weight is 319 g/mol. The predicted octanol–water partition coefficient (Wildman–Crippen LogP) is 2.42. The molecule has 0 atom stereocenters. The molecule has 0 saturated heterocycles. The van der Waals surface area contributed by atoms with E-state index in [1.54, 1.807) is 18.2 Å². The highest BCUT2D eigenvalue weighted by Crippen LogP contribution is 2.38. The Morgan fingerprint density at radius 2 is 1.57 bits per heavy atom. The van der Waals surface area contributed by atoms with Gasteiger partial charge in [0.15, 0.2) is 5.69 Å². The number of hydrogen-bond donors (Lipinski definition) is 1. The van der Waals surface area contributed by atoms with Gasteiger partial charge in [-0.05, 0) is 12.1 Å². The molecular weight excluding hydrogens is 310 g/mol. The van der Waals surface area contributed by atoms with Crippen LogP contribution in [-0.4, -0.2) is 19.8 Å². The number of aromatic nitrogens is 1. The maximum atomic E-state index is 11.1. The molecule has 0 bridgehead atoms. The molecule has 1 N–H and O–H groups in total. The number of benzene rings is 1. The predicted molar refractivity (Wildman–Crippen MR) is 78.0 cm³/mol. The van der Waals surface area contributed by atoms with Crippen LogP contribution in [0.1, 0.15) is 5.69 Å². The van der Waals surface area contributed by atoms with Crippen LogP contribution in [0.3, 0.4) is 0 Å². The van der Waals surface area contributed by atoms with Crippen molar-refractivity contribution in [3.8, 4) is 0 Å². The van der Waals surface area contributed by atoms with E-state index in [1.165, 1.54) is 6.20 Å². The first-order valence-corrected chi connectivity index (χ1v) is 6.15. The molecule has 0 aliphatic heterocycles. The summed E-state index contributed by atoms with van der Waals surface area (Å²) in [6.45, 7) is -0.0136. The lowest BCUT2D eigenvalue weighted by Gasteiger charge is -2.07. The maximum absolute atomic E-state index is 11.1. The molecule has 0 saturated carbocycles. The minimum absolute atomic E-state index is 0.0136. The van der Waals surface area contributed by atoms with Gasteiger partial charge in [-0.3, -0.25) is 35.3 Å². The summed E-state index contributed by atoms with van der Waals surface area (Å²) in [6, 6.07) is 6.32. The summed E-state index contributed by atoms with van der Waals surface area (Å²) >= 11 is 0. The molecule has 23 heavy (non-hydrogen) atoms. The van der Waals surface area contributed by atoms with E-state index >= 15 is 0 Å². The zero-order chi connectivity index (χ0) is 17.0. The number of nitrogens with one attached hydrogen (secondary N) is 1. The molecule has 0 aliphatic rings. The van der Waals surface area contributed by atoms with Gasteiger partial charge in [-0.2, -0.15) is 0 Å². The van der Waals surface area contributed by atoms with Gasteiger partial charge in [-0.15, -0.1) is 0 Å². The van der Waals surface area contributed by atoms with Crippen molar-refractivity contribution in [1.29, 1.82) is 0 Å². The molecule has 11 nitrogen and oxygen atoms in total. The first-order valence-electron chi connectivity index (χ1n) is 6.15. The Labute approximate surface area is 128 Å². The number of hydrogen-bond acceptors (Lipinski definition) is 8. The number of rotatable bonds is 6. The minimum atomic E-state index is -0.928. The third-order valence-electron chi connectivity index (χ3n) is 2.86. The van der Waals surface area contributed by atoms with Crippen LogP contribution in [0.15, 0.2) is 36.5 Å². The summed E-state index contributed by atoms with van der Waals surface area (Å²) in [5, 5.41) is 35.5. The van der Waals surface area contributed by atoms with Gasteiger partial charge in [0.1, 0.15) is 0 Å². The maximum Gasteiger partial charge on any atom is 0.306 e. The smallest absolute Gasteiger partial charge is 0.306 e. The summed E-state index contributed by atoms with van der Waals surface area (Å²) in [7, 11) is 0. The van der Waals surface area contributed by atoms with E-state index in [0.717, 1.165) is 0 Å². The SMILES string of the molecule is O=[N+]([O-])c1cc([N+](=O)[O-])c(NCc2ccccn2)c([N+](=O)[O-])c1. The molecule has 0 unspecified atom stereocenters. The third kappa shape index (κ3) is 3.53. The fourth-order valence-electron chi connectivity index (χ4n) is 1.85. The third-order valence-corrected chi connectivity index (χ3v) is 2.86. The molecular formula is C12H9N5O6. The highest BCUT2D eigenvalue weighted by Gasteiger charge is 2.30. The van der Waals surface area contributed by atoms with E-state index in [4.69, 9.17) is 0 Å². The van der Waals surface area contributed by atoms with Crippen molar-refractivity contribution in [1.82, 2.24) is 4.98 Å². The van der Waals surface area contributed by atoms with E-state index in [1.807, 2.05) is 0 Å². The molecule has 11 heteroatoms. The van der Waals surface area contributed by atoms with Crippen LogP contribution in [0.5, 0.6) is 0 Å². The van der Waals surface area contributed by atoms with E-state index in [9.17, 15) is 30.3 Å². The van der Waals surface area contributed by atoms with Crippen molar-refractivity contribution in [2.75, 3.05) is 5.32 Å². The highest BCUT2D eigenvalue weighted by molar-refractivity contribution is 5.77. The highest BCUT2D eigenvalue weighted by atomic mass is 16.6. The molecule has 1 heterocycles. The molecule has 0 spiro atoms. The van der Waals surface area contributed by atoms with Crippen molar-refractivity contribution >= 4 is 22.7 Å². The molecule has 0 amide bonds. The fourth-order valence-corrected chi connectivity index (χ4v) is 1.85. The molecule has 118 valence electrons. The van der Waals surface area contributed by atoms with Crippen LogP contribution < -0.4 is 5.32 Å². The van der Waals surface area contributed by atoms with E-state index < -0.39 is 37.5 Å². The first-order chi connectivity index (χ1) is 10.9. The largest absolute Gasteiger partial charge is 0.368 e. The van der Waals surface area contributed by atoms with Crippen molar-refractivity contribution in [3.05, 3.63) is 72.6 Å². The summed E-state index contributed by atoms with van der Waals surface area (Å²) in [5.74, 6) is 0. The van der Waals surface area contributed by atoms with Crippen LogP contribution in [0, 0.1) is 30.3 Å². The van der Waals surface area contributed by atoms with Crippen molar-refractivity contribution in [3.63, 3.8) is 0 Å². The number of anilines is 1. The van der Waals surface area contributed by atoms with Gasteiger partial charge in [0.25, 0.3) is 5.69 Å². The summed E-state index contributed by atoms with van der Waals surface area (Å²) < 4.78 is 0. The van der Waals surface area contributed by atoms with Crippen LogP contribution in [0.4, 0.5) is 22.7 Å². The molecule has 0 fully saturated rings. The zero-order valence-electron chi connectivity index (χ0n) is 11.4. The minimum Gasteiger partial charge on any atom is -0.368 e. The first kappa shape index (κ1) is 15.8. The molecule has 0 aliphatic carbocycles. The second-order valence-corrected chi connectivity index (χ2v) is 4.30. The number of non-ortho nitro benzene ring substituents is 1. The molecule has 2 aromatic rings. The Morgan fingerprint density at radius 1 is 0.957 bits per heavy atom. The standard InChI is InChI=1S/C12H9N5O6/c18-15(19)9-5-10(16(20)21)12(11(6-9)17(22)23)14-7-8-3-1-2-4-13-8/h1-6,14H,7H2. The van der Waals surface area contributed by atoms with Crippen LogP contribution in [0.25, 0.3) is 0 Å².